The van der Waals surface area contributed by atoms with E-state index in [2.05, 4.69) is 0 Å². The lowest BCUT2D eigenvalue weighted by molar-refractivity contribution is -0.389. The summed E-state index contributed by atoms with van der Waals surface area (Å²) in [6.07, 6.45) is -6.57. The summed E-state index contributed by atoms with van der Waals surface area (Å²) in [7, 11) is 0. The van der Waals surface area contributed by atoms with E-state index in [0.29, 0.717) is 0 Å². The normalized spacial score (nSPS) is 18.6. The molecule has 1 fully saturated rings. The summed E-state index contributed by atoms with van der Waals surface area (Å²) in [6.45, 7) is -0.801. The Bertz CT molecular complexity index is 383. The number of carbonyl (C=O) groups is 1. The highest BCUT2D eigenvalue weighted by molar-refractivity contribution is 5.85. The van der Waals surface area contributed by atoms with E-state index in [0.717, 1.165) is 0 Å². The number of alkyl halides is 9. The van der Waals surface area contributed by atoms with Crippen LogP contribution in [0.15, 0.2) is 0 Å². The molecule has 0 aromatic rings. The third-order valence-electron chi connectivity index (χ3n) is 2.81. The molecule has 1 aliphatic heterocycles. The van der Waals surface area contributed by atoms with Crippen LogP contribution in [0.2, 0.25) is 0 Å². The van der Waals surface area contributed by atoms with Gasteiger partial charge in [0.05, 0.1) is 0 Å². The van der Waals surface area contributed by atoms with Crippen LogP contribution in [-0.2, 0) is 4.79 Å². The highest BCUT2D eigenvalue weighted by Crippen LogP contribution is 2.53. The molecule has 1 saturated heterocycles. The second-order valence-corrected chi connectivity index (χ2v) is 4.22. The zero-order valence-corrected chi connectivity index (χ0v) is 9.59. The minimum absolute atomic E-state index is 0.139. The molecule has 1 rings (SSSR count). The van der Waals surface area contributed by atoms with Crippen LogP contribution in [0.5, 0.6) is 0 Å². The van der Waals surface area contributed by atoms with Gasteiger partial charge in [0.15, 0.2) is 0 Å². The van der Waals surface area contributed by atoms with Crippen LogP contribution in [0.3, 0.4) is 0 Å². The van der Waals surface area contributed by atoms with E-state index in [1.54, 1.807) is 0 Å². The third kappa shape index (κ3) is 2.30. The van der Waals surface area contributed by atoms with Crippen LogP contribution >= 0.6 is 0 Å². The Labute approximate surface area is 106 Å². The van der Waals surface area contributed by atoms with Crippen LogP contribution in [0.25, 0.3) is 0 Å². The van der Waals surface area contributed by atoms with Gasteiger partial charge in [-0.2, -0.15) is 39.5 Å². The van der Waals surface area contributed by atoms with Gasteiger partial charge in [-0.3, -0.25) is 4.79 Å². The summed E-state index contributed by atoms with van der Waals surface area (Å²) in [5.41, 5.74) is 0. The lowest BCUT2D eigenvalue weighted by atomic mass is 10.0. The fraction of sp³-hybridized carbons (Fsp3) is 0.889. The molecule has 0 N–H and O–H groups in total. The van der Waals surface area contributed by atoms with Crippen molar-refractivity contribution in [1.82, 2.24) is 4.90 Å². The topological polar surface area (TPSA) is 20.3 Å². The minimum Gasteiger partial charge on any atom is -0.337 e. The van der Waals surface area contributed by atoms with Crippen LogP contribution in [0.1, 0.15) is 12.8 Å². The van der Waals surface area contributed by atoms with Crippen molar-refractivity contribution >= 4 is 5.91 Å². The first kappa shape index (κ1) is 16.9. The van der Waals surface area contributed by atoms with Gasteiger partial charge in [0.2, 0.25) is 0 Å². The number of rotatable bonds is 3. The van der Waals surface area contributed by atoms with Gasteiger partial charge in [-0.1, -0.05) is 0 Å². The van der Waals surface area contributed by atoms with Gasteiger partial charge in [0.1, 0.15) is 0 Å². The number of nitrogens with zero attached hydrogens (tertiary/aromatic N) is 1. The molecule has 0 aliphatic carbocycles. The van der Waals surface area contributed by atoms with Crippen LogP contribution in [-0.4, -0.2) is 47.8 Å². The van der Waals surface area contributed by atoms with Crippen LogP contribution in [0, 0.1) is 0 Å². The van der Waals surface area contributed by atoms with E-state index in [1.807, 2.05) is 0 Å². The van der Waals surface area contributed by atoms with E-state index < -0.39 is 42.9 Å². The molecule has 1 amide bonds. The van der Waals surface area contributed by atoms with E-state index in [9.17, 15) is 44.3 Å². The quantitative estimate of drug-likeness (QED) is 0.733. The summed E-state index contributed by atoms with van der Waals surface area (Å²) in [6, 6.07) is 0. The molecule has 11 heteroatoms. The van der Waals surface area contributed by atoms with Crippen LogP contribution in [0.4, 0.5) is 39.5 Å². The first-order chi connectivity index (χ1) is 8.77. The predicted molar refractivity (Wildman–Crippen MR) is 46.7 cm³/mol. The molecule has 1 heterocycles. The standard InChI is InChI=1S/C9H8F9NO/c10-6(11,5(20)19-3-1-2-4-19)7(12,13)8(14,15)9(16,17)18/h1-4H2. The lowest BCUT2D eigenvalue weighted by Crippen LogP contribution is -2.65. The Kier molecular flexibility index (Phi) is 3.96. The van der Waals surface area contributed by atoms with Crippen molar-refractivity contribution in [2.75, 3.05) is 13.1 Å². The zero-order chi connectivity index (χ0) is 16.0. The third-order valence-corrected chi connectivity index (χ3v) is 2.81. The second-order valence-electron chi connectivity index (χ2n) is 4.22. The number of likely N-dealkylation sites (tertiary alicyclic amines) is 1. The van der Waals surface area contributed by atoms with Gasteiger partial charge in [0, 0.05) is 13.1 Å². The van der Waals surface area contributed by atoms with Gasteiger partial charge < -0.3 is 4.90 Å². The van der Waals surface area contributed by atoms with E-state index in [-0.39, 0.29) is 17.7 Å². The molecular formula is C9H8F9NO. The van der Waals surface area contributed by atoms with E-state index >= 15 is 0 Å². The fourth-order valence-corrected chi connectivity index (χ4v) is 1.63. The van der Waals surface area contributed by atoms with Crippen molar-refractivity contribution in [2.45, 2.75) is 36.8 Å². The average molecular weight is 317 g/mol. The smallest absolute Gasteiger partial charge is 0.337 e. The molecule has 0 bridgehead atoms. The van der Waals surface area contributed by atoms with Crippen molar-refractivity contribution in [3.63, 3.8) is 0 Å². The number of hydrogen-bond donors (Lipinski definition) is 0. The first-order valence-corrected chi connectivity index (χ1v) is 5.26. The van der Waals surface area contributed by atoms with Gasteiger partial charge >= 0.3 is 23.9 Å². The molecule has 0 saturated carbocycles. The van der Waals surface area contributed by atoms with Crippen LogP contribution < -0.4 is 0 Å². The highest BCUT2D eigenvalue weighted by Gasteiger charge is 2.84. The molecule has 0 radical (unpaired) electrons. The molecule has 20 heavy (non-hydrogen) atoms. The maximum absolute atomic E-state index is 13.2. The monoisotopic (exact) mass is 317 g/mol. The Hall–Kier alpha value is -1.16. The van der Waals surface area contributed by atoms with Crippen molar-refractivity contribution in [2.24, 2.45) is 0 Å². The molecule has 118 valence electrons. The molecular weight excluding hydrogens is 309 g/mol. The van der Waals surface area contributed by atoms with Crippen molar-refractivity contribution in [3.05, 3.63) is 0 Å². The molecule has 0 aromatic heterocycles. The molecule has 0 atom stereocenters. The largest absolute Gasteiger partial charge is 0.460 e. The van der Waals surface area contributed by atoms with Gasteiger partial charge in [0.25, 0.3) is 5.91 Å². The Balaban J connectivity index is 3.14. The van der Waals surface area contributed by atoms with Gasteiger partial charge in [-0.15, -0.1) is 0 Å². The lowest BCUT2D eigenvalue weighted by Gasteiger charge is -2.34. The summed E-state index contributed by atoms with van der Waals surface area (Å²) >= 11 is 0. The number of hydrogen-bond acceptors (Lipinski definition) is 1. The van der Waals surface area contributed by atoms with Gasteiger partial charge in [-0.05, 0) is 12.8 Å². The summed E-state index contributed by atoms with van der Waals surface area (Å²) in [4.78, 5) is 11.2. The minimum atomic E-state index is -7.03. The highest BCUT2D eigenvalue weighted by atomic mass is 19.4. The maximum Gasteiger partial charge on any atom is 0.460 e. The molecule has 0 aromatic carbocycles. The van der Waals surface area contributed by atoms with E-state index in [4.69, 9.17) is 0 Å². The Morgan fingerprint density at radius 1 is 0.750 bits per heavy atom. The van der Waals surface area contributed by atoms with E-state index in [1.165, 1.54) is 0 Å². The number of carbonyl (C=O) groups excluding carboxylic acids is 1. The fourth-order valence-electron chi connectivity index (χ4n) is 1.63. The molecule has 2 nitrogen and oxygen atoms in total. The summed E-state index contributed by atoms with van der Waals surface area (Å²) < 4.78 is 113. The first-order valence-electron chi connectivity index (χ1n) is 5.26. The second kappa shape index (κ2) is 4.69. The summed E-state index contributed by atoms with van der Waals surface area (Å²) in [5.74, 6) is -22.8. The SMILES string of the molecule is O=C(N1CCCC1)C(F)(F)C(F)(F)C(F)(F)C(F)(F)F. The molecule has 0 spiro atoms. The Morgan fingerprint density at radius 2 is 1.15 bits per heavy atom. The predicted octanol–water partition coefficient (Wildman–Crippen LogP) is 3.08. The van der Waals surface area contributed by atoms with Gasteiger partial charge in [-0.25, -0.2) is 0 Å². The number of halogens is 9. The zero-order valence-electron chi connectivity index (χ0n) is 9.59. The van der Waals surface area contributed by atoms with Crippen molar-refractivity contribution in [3.8, 4) is 0 Å². The Morgan fingerprint density at radius 3 is 1.50 bits per heavy atom. The summed E-state index contributed by atoms with van der Waals surface area (Å²) in [5, 5.41) is 0. The average Bonchev–Trinajstić information content (AvgIpc) is 2.79. The molecule has 1 aliphatic rings. The maximum atomic E-state index is 13.2. The van der Waals surface area contributed by atoms with Crippen molar-refractivity contribution in [1.29, 1.82) is 0 Å². The molecule has 0 unspecified atom stereocenters. The number of amides is 1. The van der Waals surface area contributed by atoms with Crippen molar-refractivity contribution < 1.29 is 44.3 Å².